The van der Waals surface area contributed by atoms with Crippen molar-refractivity contribution in [2.24, 2.45) is 5.92 Å². The average molecular weight is 644 g/mol. The molecule has 0 bridgehead atoms. The van der Waals surface area contributed by atoms with Gasteiger partial charge in [-0.1, -0.05) is 37.6 Å². The summed E-state index contributed by atoms with van der Waals surface area (Å²) < 4.78 is 46.6. The van der Waals surface area contributed by atoms with Crippen molar-refractivity contribution in [1.29, 1.82) is 0 Å². The Labute approximate surface area is 263 Å². The highest BCUT2D eigenvalue weighted by atomic mass is 35.5. The molecule has 4 aromatic rings. The van der Waals surface area contributed by atoms with Gasteiger partial charge in [-0.25, -0.2) is 4.98 Å². The molecule has 0 aliphatic carbocycles. The topological polar surface area (TPSA) is 64.4 Å². The number of piperidine rings is 1. The minimum Gasteiger partial charge on any atom is -0.494 e. The molecule has 1 saturated heterocycles. The summed E-state index contributed by atoms with van der Waals surface area (Å²) in [4.78, 5) is 35.0. The second-order valence-corrected chi connectivity index (χ2v) is 12.4. The van der Waals surface area contributed by atoms with E-state index in [9.17, 15) is 22.8 Å². The Hall–Kier alpha value is -3.63. The summed E-state index contributed by atoms with van der Waals surface area (Å²) in [5, 5.41) is 2.36. The largest absolute Gasteiger partial charge is 0.494 e. The van der Waals surface area contributed by atoms with E-state index in [1.54, 1.807) is 29.6 Å². The van der Waals surface area contributed by atoms with Crippen molar-refractivity contribution in [3.63, 3.8) is 0 Å². The van der Waals surface area contributed by atoms with Crippen molar-refractivity contribution < 1.29 is 22.7 Å². The molecule has 2 aromatic heterocycles. The number of hydrogen-bond acceptors (Lipinski definition) is 5. The molecule has 1 aliphatic heterocycles. The predicted molar refractivity (Wildman–Crippen MR) is 168 cm³/mol. The van der Waals surface area contributed by atoms with Crippen LogP contribution in [0, 0.1) is 5.92 Å². The number of pyridine rings is 1. The lowest BCUT2D eigenvalue weighted by atomic mass is 9.98. The minimum absolute atomic E-state index is 0.111. The van der Waals surface area contributed by atoms with E-state index in [0.717, 1.165) is 31.4 Å². The second-order valence-electron chi connectivity index (χ2n) is 11.2. The molecule has 0 atom stereocenters. The standard InChI is InChI=1S/C33H33ClF3N3O3S/c1-4-43-23-12-13-26(34)29(17-23)40-28(16-20(2)3)24(31(41)39-14-6-5-7-15-39)18-25(32(40)42)30-38-27(19-44-30)21-8-10-22(11-9-21)33(35,36)37/h8-13,17-20H,4-7,14-16H2,1-3H3. The Balaban J connectivity index is 1.72. The molecule has 0 N–H and O–H groups in total. The third kappa shape index (κ3) is 6.71. The number of benzene rings is 2. The highest BCUT2D eigenvalue weighted by Gasteiger charge is 2.31. The van der Waals surface area contributed by atoms with E-state index in [0.29, 0.717) is 70.1 Å². The minimum atomic E-state index is -4.45. The molecule has 0 spiro atoms. The first-order chi connectivity index (χ1) is 21.0. The van der Waals surface area contributed by atoms with Gasteiger partial charge in [-0.3, -0.25) is 14.2 Å². The van der Waals surface area contributed by atoms with E-state index in [4.69, 9.17) is 16.3 Å². The van der Waals surface area contributed by atoms with E-state index in [2.05, 4.69) is 4.98 Å². The number of thiazole rings is 1. The predicted octanol–water partition coefficient (Wildman–Crippen LogP) is 8.52. The average Bonchev–Trinajstić information content (AvgIpc) is 3.48. The van der Waals surface area contributed by atoms with Crippen LogP contribution in [-0.4, -0.2) is 40.1 Å². The smallest absolute Gasteiger partial charge is 0.416 e. The maximum absolute atomic E-state index is 14.4. The maximum atomic E-state index is 14.4. The zero-order valence-electron chi connectivity index (χ0n) is 24.7. The number of aromatic nitrogens is 2. The number of rotatable bonds is 8. The molecular formula is C33H33ClF3N3O3S. The summed E-state index contributed by atoms with van der Waals surface area (Å²) in [5.41, 5.74) is 1.31. The fourth-order valence-corrected chi connectivity index (χ4v) is 6.42. The Morgan fingerprint density at radius 3 is 2.41 bits per heavy atom. The SMILES string of the molecule is CCOc1ccc(Cl)c(-n2c(CC(C)C)c(C(=O)N3CCCCC3)cc(-c3nc(-c4ccc(C(F)(F)F)cc4)cs3)c2=O)c1. The molecule has 1 fully saturated rings. The highest BCUT2D eigenvalue weighted by Crippen LogP contribution is 2.34. The maximum Gasteiger partial charge on any atom is 0.416 e. The van der Waals surface area contributed by atoms with Crippen molar-refractivity contribution in [2.45, 2.75) is 52.6 Å². The van der Waals surface area contributed by atoms with Gasteiger partial charge in [-0.2, -0.15) is 13.2 Å². The number of likely N-dealkylation sites (tertiary alicyclic amines) is 1. The summed E-state index contributed by atoms with van der Waals surface area (Å²) in [7, 11) is 0. The number of ether oxygens (including phenoxy) is 1. The molecule has 232 valence electrons. The number of carbonyl (C=O) groups is 1. The number of amides is 1. The number of hydrogen-bond donors (Lipinski definition) is 0. The summed E-state index contributed by atoms with van der Waals surface area (Å²) in [6, 6.07) is 11.4. The molecule has 1 amide bonds. The molecule has 0 radical (unpaired) electrons. The molecule has 44 heavy (non-hydrogen) atoms. The Bertz CT molecular complexity index is 1710. The number of carbonyl (C=O) groups excluding carboxylic acids is 1. The summed E-state index contributed by atoms with van der Waals surface area (Å²) in [6.45, 7) is 7.58. The van der Waals surface area contributed by atoms with E-state index in [1.807, 2.05) is 25.7 Å². The lowest BCUT2D eigenvalue weighted by molar-refractivity contribution is -0.137. The van der Waals surface area contributed by atoms with Crippen LogP contribution in [0.2, 0.25) is 5.02 Å². The van der Waals surface area contributed by atoms with E-state index < -0.39 is 17.3 Å². The van der Waals surface area contributed by atoms with E-state index in [1.165, 1.54) is 28.0 Å². The first-order valence-electron chi connectivity index (χ1n) is 14.6. The van der Waals surface area contributed by atoms with Crippen LogP contribution in [-0.2, 0) is 12.6 Å². The Morgan fingerprint density at radius 1 is 1.07 bits per heavy atom. The van der Waals surface area contributed by atoms with Crippen molar-refractivity contribution in [3.05, 3.63) is 86.1 Å². The molecule has 2 aromatic carbocycles. The van der Waals surface area contributed by atoms with E-state index >= 15 is 0 Å². The monoisotopic (exact) mass is 643 g/mol. The number of nitrogens with zero attached hydrogens (tertiary/aromatic N) is 3. The molecule has 6 nitrogen and oxygen atoms in total. The van der Waals surface area contributed by atoms with Crippen LogP contribution in [0.25, 0.3) is 27.5 Å². The van der Waals surface area contributed by atoms with Gasteiger partial charge in [0.25, 0.3) is 11.5 Å². The van der Waals surface area contributed by atoms with Gasteiger partial charge in [-0.05, 0) is 68.9 Å². The van der Waals surface area contributed by atoms with Crippen molar-refractivity contribution in [3.8, 4) is 33.3 Å². The summed E-state index contributed by atoms with van der Waals surface area (Å²) in [5.74, 6) is 0.480. The molecule has 0 unspecified atom stereocenters. The van der Waals surface area contributed by atoms with Crippen LogP contribution in [0.1, 0.15) is 61.6 Å². The van der Waals surface area contributed by atoms with Crippen LogP contribution in [0.4, 0.5) is 13.2 Å². The lowest BCUT2D eigenvalue weighted by Gasteiger charge is -2.29. The summed E-state index contributed by atoms with van der Waals surface area (Å²) in [6.07, 6.45) is -1.15. The molecule has 11 heteroatoms. The summed E-state index contributed by atoms with van der Waals surface area (Å²) >= 11 is 7.90. The Morgan fingerprint density at radius 2 is 1.77 bits per heavy atom. The first-order valence-corrected chi connectivity index (χ1v) is 15.9. The molecule has 0 saturated carbocycles. The van der Waals surface area contributed by atoms with Gasteiger partial charge < -0.3 is 9.64 Å². The normalized spacial score (nSPS) is 13.9. The van der Waals surface area contributed by atoms with Gasteiger partial charge in [0.2, 0.25) is 0 Å². The Kier molecular flexibility index (Phi) is 9.51. The van der Waals surface area contributed by atoms with Crippen LogP contribution >= 0.6 is 22.9 Å². The van der Waals surface area contributed by atoms with Crippen LogP contribution in [0.3, 0.4) is 0 Å². The highest BCUT2D eigenvalue weighted by molar-refractivity contribution is 7.13. The molecule has 1 aliphatic rings. The van der Waals surface area contributed by atoms with Crippen molar-refractivity contribution in [1.82, 2.24) is 14.5 Å². The van der Waals surface area contributed by atoms with Crippen LogP contribution in [0.15, 0.2) is 58.7 Å². The fourth-order valence-electron chi connectivity index (χ4n) is 5.38. The van der Waals surface area contributed by atoms with Gasteiger partial charge in [0, 0.05) is 35.8 Å². The van der Waals surface area contributed by atoms with E-state index in [-0.39, 0.29) is 17.4 Å². The van der Waals surface area contributed by atoms with Gasteiger partial charge in [0.15, 0.2) is 0 Å². The molecular weight excluding hydrogens is 611 g/mol. The van der Waals surface area contributed by atoms with Crippen LogP contribution < -0.4 is 10.3 Å². The zero-order valence-corrected chi connectivity index (χ0v) is 26.3. The third-order valence-corrected chi connectivity index (χ3v) is 8.69. The number of alkyl halides is 3. The van der Waals surface area contributed by atoms with Crippen LogP contribution in [0.5, 0.6) is 5.75 Å². The van der Waals surface area contributed by atoms with Gasteiger partial charge in [0.05, 0.1) is 39.7 Å². The second kappa shape index (κ2) is 13.2. The first kappa shape index (κ1) is 31.8. The molecule has 3 heterocycles. The molecule has 5 rings (SSSR count). The lowest BCUT2D eigenvalue weighted by Crippen LogP contribution is -2.38. The van der Waals surface area contributed by atoms with Gasteiger partial charge >= 0.3 is 6.18 Å². The number of halogens is 4. The fraction of sp³-hybridized carbons (Fsp3) is 0.364. The zero-order chi connectivity index (χ0) is 31.6. The van der Waals surface area contributed by atoms with Crippen molar-refractivity contribution >= 4 is 28.8 Å². The third-order valence-electron chi connectivity index (χ3n) is 7.49. The van der Waals surface area contributed by atoms with Crippen molar-refractivity contribution in [2.75, 3.05) is 19.7 Å². The quantitative estimate of drug-likeness (QED) is 0.193. The van der Waals surface area contributed by atoms with Gasteiger partial charge in [0.1, 0.15) is 10.8 Å². The van der Waals surface area contributed by atoms with Gasteiger partial charge in [-0.15, -0.1) is 11.3 Å².